The molecule has 64 heavy (non-hydrogen) atoms. The number of anilines is 6. The predicted octanol–water partition coefficient (Wildman–Crippen LogP) is 13.0. The van der Waals surface area contributed by atoms with E-state index in [4.69, 9.17) is 0 Å². The highest BCUT2D eigenvalue weighted by Crippen LogP contribution is 2.43. The molecule has 7 aromatic carbocycles. The molecule has 0 fully saturated rings. The van der Waals surface area contributed by atoms with Crippen molar-refractivity contribution < 1.29 is 0 Å². The van der Waals surface area contributed by atoms with E-state index in [1.807, 2.05) is 0 Å². The lowest BCUT2D eigenvalue weighted by Gasteiger charge is -2.43. The lowest BCUT2D eigenvalue weighted by molar-refractivity contribution is 0.812. The van der Waals surface area contributed by atoms with Crippen LogP contribution in [-0.4, -0.2) is 13.4 Å². The van der Waals surface area contributed by atoms with Crippen molar-refractivity contribution in [3.05, 3.63) is 179 Å². The molecule has 0 radical (unpaired) electrons. The maximum atomic E-state index is 2.69. The van der Waals surface area contributed by atoms with Crippen LogP contribution >= 0.6 is 0 Å². The molecular weight excluding hydrogens is 770 g/mol. The van der Waals surface area contributed by atoms with Gasteiger partial charge in [-0.2, -0.15) is 0 Å². The van der Waals surface area contributed by atoms with Crippen LogP contribution in [0.5, 0.6) is 0 Å². The van der Waals surface area contributed by atoms with Gasteiger partial charge in [0.25, 0.3) is 0 Å². The zero-order valence-electron chi connectivity index (χ0n) is 40.4. The Morgan fingerprint density at radius 3 is 0.922 bits per heavy atom. The molecule has 2 nitrogen and oxygen atoms in total. The van der Waals surface area contributed by atoms with Crippen LogP contribution in [0.4, 0.5) is 34.1 Å². The molecule has 0 N–H and O–H groups in total. The average Bonchev–Trinajstić information content (AvgIpc) is 3.29. The predicted molar refractivity (Wildman–Crippen MR) is 283 cm³/mol. The van der Waals surface area contributed by atoms with Crippen molar-refractivity contribution in [1.82, 2.24) is 0 Å². The molecule has 0 bridgehead atoms. The van der Waals surface area contributed by atoms with E-state index in [1.165, 1.54) is 100 Å². The summed E-state index contributed by atoms with van der Waals surface area (Å²) in [6, 6.07) is 56.2. The average molecular weight is 837 g/mol. The monoisotopic (exact) mass is 837 g/mol. The van der Waals surface area contributed by atoms with Gasteiger partial charge in [0.15, 0.2) is 0 Å². The number of fused-ring (bicyclic) bond motifs is 4. The SMILES string of the molecule is CC(C)c1cc(C(C)C)c(B2c3ccccc3N(c3ccccc3)c3cc4c(cc32)B(c2c(C(C)C)cc(C(C)C)cc2C(C)C)c2ccccc2N4c2ccccc2)c(C(C)C)c1. The van der Waals surface area contributed by atoms with Crippen LogP contribution in [0.1, 0.15) is 152 Å². The molecule has 0 aliphatic carbocycles. The fourth-order valence-corrected chi connectivity index (χ4v) is 10.9. The first kappa shape index (κ1) is 43.5. The molecule has 0 amide bonds. The van der Waals surface area contributed by atoms with E-state index < -0.39 is 0 Å². The van der Waals surface area contributed by atoms with Gasteiger partial charge in [0.05, 0.1) is 0 Å². The maximum Gasteiger partial charge on any atom is 0.247 e. The molecule has 9 rings (SSSR count). The second-order valence-corrected chi connectivity index (χ2v) is 20.4. The van der Waals surface area contributed by atoms with E-state index in [9.17, 15) is 0 Å². The fourth-order valence-electron chi connectivity index (χ4n) is 10.9. The van der Waals surface area contributed by atoms with Crippen LogP contribution in [-0.2, 0) is 0 Å². The van der Waals surface area contributed by atoms with E-state index in [2.05, 4.69) is 238 Å². The first-order valence-corrected chi connectivity index (χ1v) is 24.2. The summed E-state index contributed by atoms with van der Waals surface area (Å²) in [6.45, 7) is 28.6. The van der Waals surface area contributed by atoms with Gasteiger partial charge in [-0.1, -0.05) is 197 Å². The molecule has 0 saturated heterocycles. The van der Waals surface area contributed by atoms with Crippen molar-refractivity contribution >= 4 is 80.3 Å². The number of rotatable bonds is 10. The van der Waals surface area contributed by atoms with Gasteiger partial charge in [0.1, 0.15) is 0 Å². The standard InChI is InChI=1S/C60H66B2N2/c1-37(2)43-31-47(39(5)6)59(48(32-43)40(7)8)61-51-27-19-21-29-55(51)63(45-23-15-13-16-24-45)57-36-58-54(35-53(57)61)62(52-28-20-22-30-56(52)64(58)46-25-17-14-18-26-46)60-49(41(9)10)33-44(38(3)4)34-50(60)42(11)12/h13-42H,1-12H3. The molecule has 0 aromatic heterocycles. The Kier molecular flexibility index (Phi) is 11.8. The molecule has 0 unspecified atom stereocenters. The molecular formula is C60H66B2N2. The summed E-state index contributed by atoms with van der Waals surface area (Å²) in [5.41, 5.74) is 24.5. The topological polar surface area (TPSA) is 6.48 Å². The number of para-hydroxylation sites is 4. The zero-order chi connectivity index (χ0) is 45.1. The van der Waals surface area contributed by atoms with Crippen molar-refractivity contribution in [3.63, 3.8) is 0 Å². The van der Waals surface area contributed by atoms with Crippen molar-refractivity contribution in [3.8, 4) is 0 Å². The maximum absolute atomic E-state index is 2.69. The van der Waals surface area contributed by atoms with Crippen LogP contribution in [0, 0.1) is 0 Å². The van der Waals surface area contributed by atoms with Crippen LogP contribution in [0.3, 0.4) is 0 Å². The number of hydrogen-bond acceptors (Lipinski definition) is 2. The Morgan fingerprint density at radius 1 is 0.297 bits per heavy atom. The fraction of sp³-hybridized carbons (Fsp3) is 0.300. The highest BCUT2D eigenvalue weighted by Gasteiger charge is 2.44. The van der Waals surface area contributed by atoms with Crippen molar-refractivity contribution in [2.24, 2.45) is 0 Å². The first-order valence-electron chi connectivity index (χ1n) is 24.2. The Bertz CT molecular complexity index is 2570. The Hall–Kier alpha value is -5.73. The van der Waals surface area contributed by atoms with Crippen molar-refractivity contribution in [1.29, 1.82) is 0 Å². The molecule has 2 heterocycles. The smallest absolute Gasteiger partial charge is 0.247 e. The lowest BCUT2D eigenvalue weighted by Crippen LogP contribution is -2.63. The summed E-state index contributed by atoms with van der Waals surface area (Å²) in [7, 11) is 0. The van der Waals surface area contributed by atoms with Crippen LogP contribution in [0.15, 0.2) is 146 Å². The van der Waals surface area contributed by atoms with E-state index in [-0.39, 0.29) is 13.4 Å². The van der Waals surface area contributed by atoms with Gasteiger partial charge in [0.2, 0.25) is 13.4 Å². The molecule has 0 atom stereocenters. The quantitative estimate of drug-likeness (QED) is 0.127. The second kappa shape index (κ2) is 17.3. The first-order chi connectivity index (χ1) is 30.8. The van der Waals surface area contributed by atoms with E-state index in [0.29, 0.717) is 35.5 Å². The molecule has 7 aromatic rings. The third-order valence-electron chi connectivity index (χ3n) is 14.2. The van der Waals surface area contributed by atoms with E-state index >= 15 is 0 Å². The van der Waals surface area contributed by atoms with Gasteiger partial charge >= 0.3 is 0 Å². The highest BCUT2D eigenvalue weighted by atomic mass is 15.2. The third-order valence-corrected chi connectivity index (χ3v) is 14.2. The summed E-state index contributed by atoms with van der Waals surface area (Å²) in [4.78, 5) is 5.12. The zero-order valence-corrected chi connectivity index (χ0v) is 40.4. The van der Waals surface area contributed by atoms with Gasteiger partial charge in [-0.05, 0) is 133 Å². The minimum atomic E-state index is 0.0212. The summed E-state index contributed by atoms with van der Waals surface area (Å²) in [5, 5.41) is 0. The molecule has 2 aliphatic heterocycles. The Balaban J connectivity index is 1.47. The Labute approximate surface area is 385 Å². The van der Waals surface area contributed by atoms with Gasteiger partial charge < -0.3 is 9.80 Å². The minimum absolute atomic E-state index is 0.0212. The number of hydrogen-bond donors (Lipinski definition) is 0. The molecule has 322 valence electrons. The molecule has 4 heteroatoms. The van der Waals surface area contributed by atoms with Gasteiger partial charge in [0, 0.05) is 34.1 Å². The van der Waals surface area contributed by atoms with E-state index in [1.54, 1.807) is 0 Å². The van der Waals surface area contributed by atoms with E-state index in [0.717, 1.165) is 0 Å². The van der Waals surface area contributed by atoms with Crippen LogP contribution in [0.2, 0.25) is 0 Å². The third kappa shape index (κ3) is 7.41. The number of benzene rings is 7. The summed E-state index contributed by atoms with van der Waals surface area (Å²) in [6.07, 6.45) is 0. The van der Waals surface area contributed by atoms with Crippen molar-refractivity contribution in [2.75, 3.05) is 9.80 Å². The largest absolute Gasteiger partial charge is 0.311 e. The summed E-state index contributed by atoms with van der Waals surface area (Å²) in [5.74, 6) is 2.27. The highest BCUT2D eigenvalue weighted by molar-refractivity contribution is 7.01. The number of nitrogens with zero attached hydrogens (tertiary/aromatic N) is 2. The normalized spacial score (nSPS) is 13.4. The molecule has 0 spiro atoms. The second-order valence-electron chi connectivity index (χ2n) is 20.4. The summed E-state index contributed by atoms with van der Waals surface area (Å²) < 4.78 is 0. The lowest BCUT2D eigenvalue weighted by atomic mass is 9.30. The van der Waals surface area contributed by atoms with Crippen molar-refractivity contribution in [2.45, 2.75) is 119 Å². The molecule has 2 aliphatic rings. The van der Waals surface area contributed by atoms with Gasteiger partial charge in [-0.15, -0.1) is 0 Å². The van der Waals surface area contributed by atoms with Crippen LogP contribution < -0.4 is 42.6 Å². The van der Waals surface area contributed by atoms with Gasteiger partial charge in [-0.25, -0.2) is 0 Å². The molecule has 0 saturated carbocycles. The Morgan fingerprint density at radius 2 is 0.609 bits per heavy atom. The minimum Gasteiger partial charge on any atom is -0.311 e. The van der Waals surface area contributed by atoms with Crippen LogP contribution in [0.25, 0.3) is 0 Å². The van der Waals surface area contributed by atoms with Gasteiger partial charge in [-0.3, -0.25) is 0 Å². The summed E-state index contributed by atoms with van der Waals surface area (Å²) >= 11 is 0.